The first kappa shape index (κ1) is 20.7. The van der Waals surface area contributed by atoms with E-state index in [2.05, 4.69) is 0 Å². The molecule has 0 fully saturated rings. The third kappa shape index (κ3) is 3.68. The first-order valence-corrected chi connectivity index (χ1v) is 10.3. The highest BCUT2D eigenvalue weighted by Gasteiger charge is 2.42. The summed E-state index contributed by atoms with van der Waals surface area (Å²) in [6.07, 6.45) is 0. The van der Waals surface area contributed by atoms with Crippen LogP contribution in [0.5, 0.6) is 5.75 Å². The van der Waals surface area contributed by atoms with Crippen molar-refractivity contribution in [1.82, 2.24) is 0 Å². The number of methoxy groups -OCH3 is 1. The van der Waals surface area contributed by atoms with Crippen molar-refractivity contribution in [2.45, 2.75) is 6.92 Å². The Balaban J connectivity index is 1.88. The Kier molecular flexibility index (Phi) is 5.78. The van der Waals surface area contributed by atoms with Crippen molar-refractivity contribution in [1.29, 1.82) is 0 Å². The Morgan fingerprint density at radius 1 is 0.903 bits per heavy atom. The van der Waals surface area contributed by atoms with Gasteiger partial charge in [0, 0.05) is 12.2 Å². The molecule has 0 N–H and O–H groups in total. The van der Waals surface area contributed by atoms with Crippen LogP contribution < -0.4 is 14.5 Å². The van der Waals surface area contributed by atoms with Crippen molar-refractivity contribution >= 4 is 40.4 Å². The van der Waals surface area contributed by atoms with Crippen molar-refractivity contribution < 1.29 is 14.3 Å². The summed E-state index contributed by atoms with van der Waals surface area (Å²) in [6, 6.07) is 23.7. The van der Waals surface area contributed by atoms with Gasteiger partial charge in [0.05, 0.1) is 23.4 Å². The summed E-state index contributed by atoms with van der Waals surface area (Å²) in [5, 5.41) is 0.325. The van der Waals surface area contributed by atoms with Crippen molar-refractivity contribution in [3.8, 4) is 5.75 Å². The van der Waals surface area contributed by atoms with Crippen molar-refractivity contribution in [3.63, 3.8) is 0 Å². The maximum atomic E-state index is 13.7. The minimum absolute atomic E-state index is 0.325. The number of imide groups is 1. The summed E-state index contributed by atoms with van der Waals surface area (Å²) in [4.78, 5) is 30.3. The van der Waals surface area contributed by atoms with Crippen LogP contribution in [0.3, 0.4) is 0 Å². The number of para-hydroxylation sites is 1. The minimum Gasteiger partial charge on any atom is -0.495 e. The van der Waals surface area contributed by atoms with Gasteiger partial charge >= 0.3 is 0 Å². The predicted octanol–water partition coefficient (Wildman–Crippen LogP) is 5.16. The smallest absolute Gasteiger partial charge is 0.282 e. The number of nitrogens with zero attached hydrogens (tertiary/aromatic N) is 2. The van der Waals surface area contributed by atoms with Crippen LogP contribution in [-0.2, 0) is 9.59 Å². The molecule has 0 atom stereocenters. The zero-order valence-electron chi connectivity index (χ0n) is 17.2. The highest BCUT2D eigenvalue weighted by Crippen LogP contribution is 2.38. The van der Waals surface area contributed by atoms with Gasteiger partial charge in [-0.25, -0.2) is 4.90 Å². The summed E-state index contributed by atoms with van der Waals surface area (Å²) in [7, 11) is 1.51. The van der Waals surface area contributed by atoms with Crippen molar-refractivity contribution in [2.75, 3.05) is 23.5 Å². The van der Waals surface area contributed by atoms with Crippen LogP contribution >= 0.6 is 11.6 Å². The number of ether oxygens (including phenoxy) is 1. The van der Waals surface area contributed by atoms with Gasteiger partial charge in [0.2, 0.25) is 0 Å². The Labute approximate surface area is 186 Å². The van der Waals surface area contributed by atoms with Crippen molar-refractivity contribution in [3.05, 3.63) is 95.1 Å². The Bertz CT molecular complexity index is 1160. The number of halogens is 1. The largest absolute Gasteiger partial charge is 0.495 e. The molecule has 1 aliphatic rings. The van der Waals surface area contributed by atoms with Gasteiger partial charge in [-0.05, 0) is 42.8 Å². The Morgan fingerprint density at radius 2 is 1.55 bits per heavy atom. The normalized spacial score (nSPS) is 13.7. The zero-order valence-corrected chi connectivity index (χ0v) is 18.0. The monoisotopic (exact) mass is 432 g/mol. The summed E-state index contributed by atoms with van der Waals surface area (Å²) in [6.45, 7) is 2.47. The second-order valence-electron chi connectivity index (χ2n) is 6.93. The summed E-state index contributed by atoms with van der Waals surface area (Å²) < 4.78 is 5.20. The van der Waals surface area contributed by atoms with Crippen LogP contribution in [0.15, 0.2) is 84.6 Å². The highest BCUT2D eigenvalue weighted by atomic mass is 35.5. The summed E-state index contributed by atoms with van der Waals surface area (Å²) in [5.41, 5.74) is 2.63. The summed E-state index contributed by atoms with van der Waals surface area (Å²) in [5.74, 6) is -0.307. The molecule has 0 spiro atoms. The quantitative estimate of drug-likeness (QED) is 0.505. The Hall–Kier alpha value is -3.57. The topological polar surface area (TPSA) is 49.9 Å². The van der Waals surface area contributed by atoms with E-state index >= 15 is 0 Å². The van der Waals surface area contributed by atoms with Crippen LogP contribution in [0, 0.1) is 0 Å². The second-order valence-corrected chi connectivity index (χ2v) is 7.34. The molecule has 1 aliphatic heterocycles. The second kappa shape index (κ2) is 8.66. The molecule has 0 unspecified atom stereocenters. The van der Waals surface area contributed by atoms with E-state index in [0.29, 0.717) is 39.8 Å². The predicted molar refractivity (Wildman–Crippen MR) is 123 cm³/mol. The van der Waals surface area contributed by atoms with E-state index in [4.69, 9.17) is 16.3 Å². The number of likely N-dealkylation sites (N-methyl/N-ethyl adjacent to an activating group) is 1. The van der Waals surface area contributed by atoms with E-state index in [1.807, 2.05) is 72.5 Å². The number of hydrogen-bond acceptors (Lipinski definition) is 4. The first-order chi connectivity index (χ1) is 15.1. The van der Waals surface area contributed by atoms with Crippen LogP contribution in [0.4, 0.5) is 11.4 Å². The summed E-state index contributed by atoms with van der Waals surface area (Å²) >= 11 is 6.28. The molecule has 6 heteroatoms. The average Bonchev–Trinajstić information content (AvgIpc) is 3.05. The molecule has 31 heavy (non-hydrogen) atoms. The van der Waals surface area contributed by atoms with Gasteiger partial charge in [0.15, 0.2) is 0 Å². The first-order valence-electron chi connectivity index (χ1n) is 9.91. The molecule has 5 nitrogen and oxygen atoms in total. The Morgan fingerprint density at radius 3 is 2.13 bits per heavy atom. The molecule has 0 saturated heterocycles. The molecule has 0 radical (unpaired) electrons. The molecule has 3 aromatic carbocycles. The van der Waals surface area contributed by atoms with E-state index in [9.17, 15) is 9.59 Å². The van der Waals surface area contributed by atoms with E-state index in [0.717, 1.165) is 5.69 Å². The molecule has 0 aromatic heterocycles. The fourth-order valence-electron chi connectivity index (χ4n) is 3.74. The number of hydrogen-bond donors (Lipinski definition) is 0. The molecular formula is C25H21ClN2O3. The minimum atomic E-state index is -0.393. The molecule has 2 amide bonds. The van der Waals surface area contributed by atoms with Crippen LogP contribution in [0.1, 0.15) is 12.5 Å². The van der Waals surface area contributed by atoms with Gasteiger partial charge in [-0.15, -0.1) is 0 Å². The number of carbonyl (C=O) groups is 2. The standard InChI is InChI=1S/C25H21ClN2O3/c1-3-27(18-12-8-5-9-13-18)23-22(17-10-6-4-7-11-17)24(29)28(25(23)30)19-14-15-21(31-2)20(26)16-19/h4-16H,3H2,1-2H3. The number of benzene rings is 3. The number of carbonyl (C=O) groups excluding carboxylic acids is 2. The molecule has 1 heterocycles. The molecular weight excluding hydrogens is 412 g/mol. The molecule has 0 bridgehead atoms. The van der Waals surface area contributed by atoms with Crippen molar-refractivity contribution in [2.24, 2.45) is 0 Å². The zero-order chi connectivity index (χ0) is 22.0. The number of anilines is 2. The number of amides is 2. The maximum Gasteiger partial charge on any atom is 0.282 e. The lowest BCUT2D eigenvalue weighted by molar-refractivity contribution is -0.120. The maximum absolute atomic E-state index is 13.7. The van der Waals surface area contributed by atoms with Crippen LogP contribution in [0.25, 0.3) is 5.57 Å². The molecule has 3 aromatic rings. The van der Waals surface area contributed by atoms with Crippen LogP contribution in [0.2, 0.25) is 5.02 Å². The fourth-order valence-corrected chi connectivity index (χ4v) is 3.99. The molecule has 0 aliphatic carbocycles. The van der Waals surface area contributed by atoms with Gasteiger partial charge in [0.25, 0.3) is 11.8 Å². The highest BCUT2D eigenvalue weighted by molar-refractivity contribution is 6.46. The lowest BCUT2D eigenvalue weighted by Crippen LogP contribution is -2.35. The fraction of sp³-hybridized carbons (Fsp3) is 0.120. The van der Waals surface area contributed by atoms with Gasteiger partial charge in [-0.3, -0.25) is 9.59 Å². The van der Waals surface area contributed by atoms with Gasteiger partial charge < -0.3 is 9.64 Å². The van der Waals surface area contributed by atoms with Gasteiger partial charge in [-0.2, -0.15) is 0 Å². The van der Waals surface area contributed by atoms with Crippen LogP contribution in [-0.4, -0.2) is 25.5 Å². The molecule has 4 rings (SSSR count). The van der Waals surface area contributed by atoms with Gasteiger partial charge in [0.1, 0.15) is 11.4 Å². The number of rotatable bonds is 6. The van der Waals surface area contributed by atoms with Gasteiger partial charge in [-0.1, -0.05) is 60.1 Å². The van der Waals surface area contributed by atoms with E-state index in [1.165, 1.54) is 12.0 Å². The SMILES string of the molecule is CCN(C1=C(c2ccccc2)C(=O)N(c2ccc(OC)c(Cl)c2)C1=O)c1ccccc1. The molecule has 0 saturated carbocycles. The van der Waals surface area contributed by atoms with E-state index in [-0.39, 0.29) is 5.91 Å². The third-order valence-corrected chi connectivity index (χ3v) is 5.46. The van der Waals surface area contributed by atoms with E-state index < -0.39 is 5.91 Å². The molecule has 156 valence electrons. The lowest BCUT2D eigenvalue weighted by atomic mass is 10.0. The van der Waals surface area contributed by atoms with E-state index in [1.54, 1.807) is 18.2 Å². The third-order valence-electron chi connectivity index (χ3n) is 5.17. The lowest BCUT2D eigenvalue weighted by Gasteiger charge is -2.25. The average molecular weight is 433 g/mol.